The predicted molar refractivity (Wildman–Crippen MR) is 72.5 cm³/mol. The van der Waals surface area contributed by atoms with Crippen molar-refractivity contribution < 1.29 is 86.4 Å². The maximum absolute atomic E-state index is 9.95. The minimum absolute atomic E-state index is 0. The van der Waals surface area contributed by atoms with Crippen LogP contribution >= 0.6 is 15.6 Å². The van der Waals surface area contributed by atoms with Gasteiger partial charge in [-0.15, -0.1) is 0 Å². The van der Waals surface area contributed by atoms with E-state index in [9.17, 15) is 18.9 Å². The molecule has 0 aliphatic carbocycles. The summed E-state index contributed by atoms with van der Waals surface area (Å²) < 4.78 is 35.4. The molecule has 0 amide bonds. The molecule has 0 unspecified atom stereocenters. The third kappa shape index (κ3) is 44.9. The van der Waals surface area contributed by atoms with Crippen LogP contribution in [0.3, 0.4) is 0 Å². The van der Waals surface area contributed by atoms with Crippen molar-refractivity contribution in [2.45, 2.75) is 0 Å². The van der Waals surface area contributed by atoms with Gasteiger partial charge in [0.05, 0.1) is 0 Å². The molecule has 0 saturated heterocycles. The standard InChI is InChI=1S/2C2H7O4P.Ni.6H2O/c2*1-5-7(3,4)6-2;;;;;;;/h2*1-2H3,(H,3,4);;6*1H2/q;;+2;;;;;;/p+4. The molecule has 0 fully saturated rings. The van der Waals surface area contributed by atoms with E-state index in [-0.39, 0.29) is 49.3 Å². The van der Waals surface area contributed by atoms with E-state index in [0.29, 0.717) is 0 Å². The minimum Gasteiger partial charge on any atom is -0.756 e. The van der Waals surface area contributed by atoms with Gasteiger partial charge in [-0.25, -0.2) is 0 Å². The Hall–Kier alpha value is 0.474. The van der Waals surface area contributed by atoms with Gasteiger partial charge in [-0.05, 0) is 0 Å². The molecule has 0 spiro atoms. The molecule has 17 heteroatoms. The molecule has 0 rings (SSSR count). The molecular weight excluding hydrogens is 393 g/mol. The maximum Gasteiger partial charge on any atom is 2.00 e. The van der Waals surface area contributed by atoms with Crippen LogP contribution in [0.5, 0.6) is 0 Å². The Morgan fingerprint density at radius 3 is 0.667 bits per heavy atom. The largest absolute Gasteiger partial charge is 2.00 e. The summed E-state index contributed by atoms with van der Waals surface area (Å²) in [5.41, 5.74) is 0. The van der Waals surface area contributed by atoms with Crippen molar-refractivity contribution in [3.8, 4) is 0 Å². The van der Waals surface area contributed by atoms with Crippen LogP contribution in [0.2, 0.25) is 0 Å². The first-order valence-corrected chi connectivity index (χ1v) is 6.01. The molecule has 0 saturated carbocycles. The summed E-state index contributed by atoms with van der Waals surface area (Å²) in [5.74, 6) is 0. The van der Waals surface area contributed by atoms with Gasteiger partial charge >= 0.3 is 16.5 Å². The molecule has 14 nitrogen and oxygen atoms in total. The maximum atomic E-state index is 9.95. The number of phosphoric ester groups is 2. The third-order valence-electron chi connectivity index (χ3n) is 0.894. The Labute approximate surface area is 131 Å². The molecule has 0 aromatic heterocycles. The fourth-order valence-corrected chi connectivity index (χ4v) is 0.447. The molecular formula is C4H30NiO14P2+6. The molecule has 18 N–H and O–H groups in total. The summed E-state index contributed by atoms with van der Waals surface area (Å²) in [6.45, 7) is 0. The monoisotopic (exact) mass is 422 g/mol. The molecule has 0 radical (unpaired) electrons. The van der Waals surface area contributed by atoms with Gasteiger partial charge in [0.25, 0.3) is 15.6 Å². The summed E-state index contributed by atoms with van der Waals surface area (Å²) in [6.07, 6.45) is 0. The first-order valence-electron chi connectivity index (χ1n) is 3.09. The smallest absolute Gasteiger partial charge is 0.756 e. The fraction of sp³-hybridized carbons (Fsp3) is 1.00. The molecule has 0 aromatic rings. The summed E-state index contributed by atoms with van der Waals surface area (Å²) >= 11 is 0. The zero-order valence-electron chi connectivity index (χ0n) is 11.9. The molecule has 0 aliphatic rings. The van der Waals surface area contributed by atoms with Crippen molar-refractivity contribution in [2.24, 2.45) is 0 Å². The number of rotatable bonds is 4. The van der Waals surface area contributed by atoms with Crippen LogP contribution in [-0.4, -0.2) is 28.4 Å². The first-order chi connectivity index (χ1) is 6.24. The molecule has 0 atom stereocenters. The summed E-state index contributed by atoms with van der Waals surface area (Å²) in [7, 11) is -3.65. The van der Waals surface area contributed by atoms with Gasteiger partial charge in [0, 0.05) is 28.4 Å². The zero-order valence-corrected chi connectivity index (χ0v) is 14.7. The molecule has 0 aliphatic heterocycles. The van der Waals surface area contributed by atoms with Crippen LogP contribution < -0.4 is 9.79 Å². The Morgan fingerprint density at radius 2 is 0.667 bits per heavy atom. The third-order valence-corrected chi connectivity index (χ3v) is 2.68. The van der Waals surface area contributed by atoms with E-state index in [0.717, 1.165) is 28.4 Å². The van der Waals surface area contributed by atoms with Crippen molar-refractivity contribution in [3.05, 3.63) is 0 Å². The van der Waals surface area contributed by atoms with Crippen LogP contribution in [-0.2, 0) is 76.6 Å². The van der Waals surface area contributed by atoms with Gasteiger partial charge in [-0.3, -0.25) is 9.13 Å². The van der Waals surface area contributed by atoms with Gasteiger partial charge in [0.2, 0.25) is 0 Å². The summed E-state index contributed by atoms with van der Waals surface area (Å²) in [4.78, 5) is 19.9. The van der Waals surface area contributed by atoms with E-state index < -0.39 is 15.6 Å². The Bertz CT molecular complexity index is 197. The van der Waals surface area contributed by atoms with Crippen molar-refractivity contribution in [3.63, 3.8) is 0 Å². The van der Waals surface area contributed by atoms with Crippen LogP contribution in [0.4, 0.5) is 0 Å². The summed E-state index contributed by atoms with van der Waals surface area (Å²) in [5, 5.41) is 0. The second-order valence-corrected chi connectivity index (χ2v) is 4.87. The van der Waals surface area contributed by atoms with Crippen molar-refractivity contribution in [1.29, 1.82) is 0 Å². The van der Waals surface area contributed by atoms with Crippen LogP contribution in [0.15, 0.2) is 0 Å². The molecule has 0 bridgehead atoms. The molecule has 0 heterocycles. The van der Waals surface area contributed by atoms with E-state index in [1.165, 1.54) is 0 Å². The average molecular weight is 423 g/mol. The quantitative estimate of drug-likeness (QED) is 0.237. The number of hydrogen-bond donors (Lipinski definition) is 0. The van der Waals surface area contributed by atoms with E-state index in [4.69, 9.17) is 0 Å². The number of hydrogen-bond acceptors (Lipinski definition) is 8. The van der Waals surface area contributed by atoms with Gasteiger partial charge in [0.1, 0.15) is 0 Å². The van der Waals surface area contributed by atoms with E-state index in [2.05, 4.69) is 18.1 Å². The fourth-order valence-electron chi connectivity index (χ4n) is 0.149. The predicted octanol–water partition coefficient (Wildman–Crippen LogP) is -6.04. The van der Waals surface area contributed by atoms with Crippen molar-refractivity contribution in [2.75, 3.05) is 28.4 Å². The molecule has 21 heavy (non-hydrogen) atoms. The average Bonchev–Trinajstić information content (AvgIpc) is 2.19. The van der Waals surface area contributed by atoms with Crippen molar-refractivity contribution in [1.82, 2.24) is 0 Å². The van der Waals surface area contributed by atoms with Gasteiger partial charge in [-0.1, -0.05) is 0 Å². The van der Waals surface area contributed by atoms with E-state index >= 15 is 0 Å². The number of phosphoric acid groups is 2. The second-order valence-electron chi connectivity index (χ2n) is 1.62. The topological polar surface area (TPSA) is 315 Å². The normalized spacial score (nSPS) is 7.90. The van der Waals surface area contributed by atoms with E-state index in [1.54, 1.807) is 0 Å². The van der Waals surface area contributed by atoms with Gasteiger partial charge in [0.15, 0.2) is 0 Å². The Kier molecular flexibility index (Phi) is 78.8. The minimum atomic E-state index is -3.90. The molecule has 0 aromatic carbocycles. The summed E-state index contributed by atoms with van der Waals surface area (Å²) in [6, 6.07) is 0. The second kappa shape index (κ2) is 28.6. The van der Waals surface area contributed by atoms with E-state index in [1.807, 2.05) is 0 Å². The first kappa shape index (κ1) is 57.9. The Balaban J connectivity index is -0.0000000147. The Morgan fingerprint density at radius 1 is 0.571 bits per heavy atom. The van der Waals surface area contributed by atoms with Gasteiger partial charge in [-0.2, -0.15) is 0 Å². The molecule has 144 valence electrons. The van der Waals surface area contributed by atoms with Crippen molar-refractivity contribution >= 4 is 15.6 Å². The van der Waals surface area contributed by atoms with Crippen LogP contribution in [0.1, 0.15) is 0 Å². The van der Waals surface area contributed by atoms with Gasteiger partial charge < -0.3 is 60.7 Å². The zero-order chi connectivity index (χ0) is 11.8. The van der Waals surface area contributed by atoms with Crippen LogP contribution in [0.25, 0.3) is 0 Å². The SMILES string of the molecule is COP(=O)([O-])OC.COP(=O)([O-])OC.[Ni+2].[OH3+].[OH3+].[OH3+].[OH3+].[OH3+].[OH3+]. The van der Waals surface area contributed by atoms with Crippen LogP contribution in [0, 0.1) is 0 Å².